The molecule has 0 radical (unpaired) electrons. The van der Waals surface area contributed by atoms with Gasteiger partial charge in [0, 0.05) is 6.61 Å². The Morgan fingerprint density at radius 1 is 1.30 bits per heavy atom. The maximum Gasteiger partial charge on any atom is 0.0792 e. The Hall–Kier alpha value is -0.860. The molecule has 1 aromatic rings. The summed E-state index contributed by atoms with van der Waals surface area (Å²) in [4.78, 5) is 0. The molecule has 20 heavy (non-hydrogen) atoms. The third kappa shape index (κ3) is 3.42. The minimum Gasteiger partial charge on any atom is -0.376 e. The van der Waals surface area contributed by atoms with Crippen LogP contribution in [0.2, 0.25) is 0 Å². The topological polar surface area (TPSA) is 21.3 Å². The summed E-state index contributed by atoms with van der Waals surface area (Å²) < 4.78 is 5.99. The van der Waals surface area contributed by atoms with Gasteiger partial charge < -0.3 is 10.1 Å². The lowest BCUT2D eigenvalue weighted by Gasteiger charge is -2.32. The Morgan fingerprint density at radius 3 is 2.55 bits per heavy atom. The van der Waals surface area contributed by atoms with Gasteiger partial charge in [0.05, 0.1) is 12.1 Å². The van der Waals surface area contributed by atoms with E-state index in [1.165, 1.54) is 30.4 Å². The van der Waals surface area contributed by atoms with Crippen LogP contribution in [-0.2, 0) is 4.74 Å². The molecule has 1 saturated carbocycles. The number of likely N-dealkylation sites (N-methyl/N-ethyl adjacent to an activating group) is 1. The number of nitrogens with one attached hydrogen (secondary N) is 1. The zero-order valence-electron chi connectivity index (χ0n) is 13.4. The van der Waals surface area contributed by atoms with Crippen LogP contribution in [0.3, 0.4) is 0 Å². The van der Waals surface area contributed by atoms with E-state index in [1.54, 1.807) is 0 Å². The second kappa shape index (κ2) is 7.24. The van der Waals surface area contributed by atoms with E-state index in [0.29, 0.717) is 5.92 Å². The lowest BCUT2D eigenvalue weighted by atomic mass is 9.79. The number of hydrogen-bond acceptors (Lipinski definition) is 2. The summed E-state index contributed by atoms with van der Waals surface area (Å²) in [6.07, 6.45) is 4.32. The van der Waals surface area contributed by atoms with E-state index in [9.17, 15) is 0 Å². The minimum absolute atomic E-state index is 0.224. The standard InChI is InChI=1S/C18H29NO/c1-5-20-18(13(2)3)17(19-4)16-11-7-10-15(12-16)14-8-6-9-14/h7,10-14,17-19H,5-6,8-9H2,1-4H3. The van der Waals surface area contributed by atoms with Crippen molar-refractivity contribution in [3.05, 3.63) is 35.4 Å². The summed E-state index contributed by atoms with van der Waals surface area (Å²) in [6.45, 7) is 7.32. The Labute approximate surface area is 123 Å². The van der Waals surface area contributed by atoms with Crippen molar-refractivity contribution < 1.29 is 4.74 Å². The van der Waals surface area contributed by atoms with Crippen molar-refractivity contribution in [1.82, 2.24) is 5.32 Å². The zero-order valence-corrected chi connectivity index (χ0v) is 13.4. The van der Waals surface area contributed by atoms with Crippen LogP contribution in [0.15, 0.2) is 24.3 Å². The third-order valence-corrected chi connectivity index (χ3v) is 4.50. The zero-order chi connectivity index (χ0) is 14.5. The van der Waals surface area contributed by atoms with Crippen molar-refractivity contribution in [2.24, 2.45) is 5.92 Å². The van der Waals surface area contributed by atoms with E-state index in [1.807, 2.05) is 7.05 Å². The van der Waals surface area contributed by atoms with Crippen molar-refractivity contribution >= 4 is 0 Å². The van der Waals surface area contributed by atoms with E-state index >= 15 is 0 Å². The van der Waals surface area contributed by atoms with E-state index in [-0.39, 0.29) is 12.1 Å². The van der Waals surface area contributed by atoms with Crippen LogP contribution in [-0.4, -0.2) is 19.8 Å². The molecule has 0 saturated heterocycles. The van der Waals surface area contributed by atoms with Gasteiger partial charge in [-0.1, -0.05) is 44.5 Å². The lowest BCUT2D eigenvalue weighted by molar-refractivity contribution is 0.00458. The average molecular weight is 275 g/mol. The van der Waals surface area contributed by atoms with Crippen molar-refractivity contribution in [3.8, 4) is 0 Å². The maximum absolute atomic E-state index is 5.99. The molecule has 1 fully saturated rings. The molecule has 1 N–H and O–H groups in total. The van der Waals surface area contributed by atoms with E-state index in [0.717, 1.165) is 12.5 Å². The van der Waals surface area contributed by atoms with Gasteiger partial charge in [-0.2, -0.15) is 0 Å². The number of hydrogen-bond donors (Lipinski definition) is 1. The van der Waals surface area contributed by atoms with Gasteiger partial charge in [0.1, 0.15) is 0 Å². The van der Waals surface area contributed by atoms with Gasteiger partial charge in [-0.25, -0.2) is 0 Å². The average Bonchev–Trinajstić information content (AvgIpc) is 2.37. The Morgan fingerprint density at radius 2 is 2.05 bits per heavy atom. The van der Waals surface area contributed by atoms with Crippen LogP contribution in [0.5, 0.6) is 0 Å². The van der Waals surface area contributed by atoms with Crippen molar-refractivity contribution in [1.29, 1.82) is 0 Å². The molecule has 0 heterocycles. The monoisotopic (exact) mass is 275 g/mol. The van der Waals surface area contributed by atoms with Crippen LogP contribution >= 0.6 is 0 Å². The van der Waals surface area contributed by atoms with E-state index in [2.05, 4.69) is 50.4 Å². The quantitative estimate of drug-likeness (QED) is 0.802. The first-order valence-electron chi connectivity index (χ1n) is 8.06. The summed E-state index contributed by atoms with van der Waals surface area (Å²) in [6, 6.07) is 9.38. The first-order chi connectivity index (χ1) is 9.67. The highest BCUT2D eigenvalue weighted by Gasteiger charge is 2.26. The Bertz CT molecular complexity index is 412. The van der Waals surface area contributed by atoms with Gasteiger partial charge in [0.25, 0.3) is 0 Å². The molecule has 112 valence electrons. The summed E-state index contributed by atoms with van der Waals surface area (Å²) in [7, 11) is 2.04. The molecule has 2 nitrogen and oxygen atoms in total. The molecular weight excluding hydrogens is 246 g/mol. The normalized spacial score (nSPS) is 18.9. The Balaban J connectivity index is 2.20. The van der Waals surface area contributed by atoms with Gasteiger partial charge in [-0.05, 0) is 49.8 Å². The number of benzene rings is 1. The van der Waals surface area contributed by atoms with Crippen molar-refractivity contribution in [2.75, 3.05) is 13.7 Å². The molecule has 0 spiro atoms. The smallest absolute Gasteiger partial charge is 0.0792 e. The molecule has 1 aromatic carbocycles. The highest BCUT2D eigenvalue weighted by Crippen LogP contribution is 2.37. The fourth-order valence-electron chi connectivity index (χ4n) is 3.13. The number of rotatable bonds is 7. The largest absolute Gasteiger partial charge is 0.376 e. The maximum atomic E-state index is 5.99. The molecule has 0 aliphatic heterocycles. The SMILES string of the molecule is CCOC(C(C)C)C(NC)c1cccc(C2CCC2)c1. The van der Waals surface area contributed by atoms with Crippen LogP contribution in [0, 0.1) is 5.92 Å². The highest BCUT2D eigenvalue weighted by atomic mass is 16.5. The molecular formula is C18H29NO. The van der Waals surface area contributed by atoms with Gasteiger partial charge >= 0.3 is 0 Å². The summed E-state index contributed by atoms with van der Waals surface area (Å²) in [5, 5.41) is 3.46. The third-order valence-electron chi connectivity index (χ3n) is 4.50. The molecule has 0 amide bonds. The second-order valence-electron chi connectivity index (χ2n) is 6.23. The predicted octanol–water partition coefficient (Wildman–Crippen LogP) is 4.28. The Kier molecular flexibility index (Phi) is 5.62. The molecule has 1 aliphatic rings. The first kappa shape index (κ1) is 15.5. The fourth-order valence-corrected chi connectivity index (χ4v) is 3.13. The molecule has 2 unspecified atom stereocenters. The summed E-state index contributed by atoms with van der Waals surface area (Å²) >= 11 is 0. The minimum atomic E-state index is 0.224. The lowest BCUT2D eigenvalue weighted by Crippen LogP contribution is -2.35. The predicted molar refractivity (Wildman–Crippen MR) is 85.1 cm³/mol. The van der Waals surface area contributed by atoms with Crippen LogP contribution in [0.1, 0.15) is 63.1 Å². The van der Waals surface area contributed by atoms with Crippen LogP contribution < -0.4 is 5.32 Å². The van der Waals surface area contributed by atoms with Gasteiger partial charge in [0.2, 0.25) is 0 Å². The van der Waals surface area contributed by atoms with E-state index in [4.69, 9.17) is 4.74 Å². The molecule has 2 heteroatoms. The molecule has 2 rings (SSSR count). The summed E-state index contributed by atoms with van der Waals surface area (Å²) in [5.74, 6) is 1.29. The van der Waals surface area contributed by atoms with Gasteiger partial charge in [-0.3, -0.25) is 0 Å². The fraction of sp³-hybridized carbons (Fsp3) is 0.667. The van der Waals surface area contributed by atoms with Crippen LogP contribution in [0.25, 0.3) is 0 Å². The molecule has 1 aliphatic carbocycles. The van der Waals surface area contributed by atoms with Gasteiger partial charge in [-0.15, -0.1) is 0 Å². The second-order valence-corrected chi connectivity index (χ2v) is 6.23. The molecule has 0 aromatic heterocycles. The molecule has 2 atom stereocenters. The number of ether oxygens (including phenoxy) is 1. The van der Waals surface area contributed by atoms with Crippen molar-refractivity contribution in [3.63, 3.8) is 0 Å². The highest BCUT2D eigenvalue weighted by molar-refractivity contribution is 5.30. The first-order valence-corrected chi connectivity index (χ1v) is 8.06. The van der Waals surface area contributed by atoms with Gasteiger partial charge in [0.15, 0.2) is 0 Å². The van der Waals surface area contributed by atoms with Crippen molar-refractivity contribution in [2.45, 2.75) is 58.1 Å². The van der Waals surface area contributed by atoms with Crippen LogP contribution in [0.4, 0.5) is 0 Å². The molecule has 0 bridgehead atoms. The summed E-state index contributed by atoms with van der Waals surface area (Å²) in [5.41, 5.74) is 2.87. The van der Waals surface area contributed by atoms with E-state index < -0.39 is 0 Å².